The van der Waals surface area contributed by atoms with Crippen molar-refractivity contribution in [3.8, 4) is 6.07 Å². The Morgan fingerprint density at radius 1 is 1.22 bits per heavy atom. The number of anilines is 2. The molecule has 0 unspecified atom stereocenters. The molecule has 3 aromatic rings. The summed E-state index contributed by atoms with van der Waals surface area (Å²) in [5, 5.41) is 9.23. The van der Waals surface area contributed by atoms with E-state index in [2.05, 4.69) is 9.97 Å². The highest BCUT2D eigenvalue weighted by Gasteiger charge is 2.51. The molecule has 7 nitrogen and oxygen atoms in total. The number of carbonyl (C=O) groups excluding carboxylic acids is 1. The summed E-state index contributed by atoms with van der Waals surface area (Å²) in [4.78, 5) is 35.3. The quantitative estimate of drug-likeness (QED) is 0.369. The molecule has 1 amide bonds. The number of aryl methyl sites for hydroxylation is 1. The zero-order valence-corrected chi connectivity index (χ0v) is 21.2. The number of benzene rings is 2. The van der Waals surface area contributed by atoms with Gasteiger partial charge in [-0.1, -0.05) is 13.0 Å². The van der Waals surface area contributed by atoms with Crippen molar-refractivity contribution in [3.63, 3.8) is 0 Å². The number of aromatic amines is 1. The summed E-state index contributed by atoms with van der Waals surface area (Å²) in [6, 6.07) is 7.85. The predicted octanol–water partition coefficient (Wildman–Crippen LogP) is 5.08. The first-order valence-electron chi connectivity index (χ1n) is 11.3. The van der Waals surface area contributed by atoms with E-state index in [-0.39, 0.29) is 33.0 Å². The number of halogens is 3. The van der Waals surface area contributed by atoms with E-state index in [0.29, 0.717) is 18.3 Å². The number of nitriles is 1. The number of hydrogen-bond donors (Lipinski definition) is 1. The number of aromatic nitrogens is 2. The normalized spacial score (nSPS) is 15.7. The molecule has 0 radical (unpaired) electrons. The molecule has 1 saturated heterocycles. The first-order chi connectivity index (χ1) is 17.4. The van der Waals surface area contributed by atoms with Gasteiger partial charge in [0, 0.05) is 17.7 Å². The minimum absolute atomic E-state index is 0.0247. The van der Waals surface area contributed by atoms with Crippen molar-refractivity contribution < 1.29 is 18.0 Å². The molecule has 11 heteroatoms. The average molecular weight is 526 g/mol. The highest BCUT2D eigenvalue weighted by atomic mass is 32.1. The number of nitrogens with one attached hydrogen (secondary N) is 1. The lowest BCUT2D eigenvalue weighted by Crippen LogP contribution is -2.44. The second kappa shape index (κ2) is 9.12. The summed E-state index contributed by atoms with van der Waals surface area (Å²) < 4.78 is 44.7. The van der Waals surface area contributed by atoms with E-state index in [0.717, 1.165) is 17.0 Å². The smallest absolute Gasteiger partial charge is 0.293 e. The van der Waals surface area contributed by atoms with E-state index in [1.54, 1.807) is 26.8 Å². The third-order valence-corrected chi connectivity index (χ3v) is 6.54. The van der Waals surface area contributed by atoms with E-state index < -0.39 is 34.3 Å². The van der Waals surface area contributed by atoms with Crippen LogP contribution in [-0.4, -0.2) is 26.5 Å². The largest absolute Gasteiger partial charge is 0.310 e. The molecule has 1 fully saturated rings. The molecule has 37 heavy (non-hydrogen) atoms. The van der Waals surface area contributed by atoms with E-state index in [9.17, 15) is 23.6 Å². The van der Waals surface area contributed by atoms with Crippen molar-refractivity contribution in [2.75, 3.05) is 9.80 Å². The maximum absolute atomic E-state index is 15.1. The van der Waals surface area contributed by atoms with Crippen molar-refractivity contribution in [3.05, 3.63) is 75.6 Å². The molecular weight excluding hydrogens is 503 g/mol. The van der Waals surface area contributed by atoms with Crippen LogP contribution in [0.15, 0.2) is 47.3 Å². The lowest BCUT2D eigenvalue weighted by molar-refractivity contribution is -0.120. The van der Waals surface area contributed by atoms with Gasteiger partial charge in [0.1, 0.15) is 16.9 Å². The van der Waals surface area contributed by atoms with Crippen LogP contribution < -0.4 is 15.4 Å². The summed E-state index contributed by atoms with van der Waals surface area (Å²) in [7, 11) is 0. The van der Waals surface area contributed by atoms with Gasteiger partial charge in [0.15, 0.2) is 10.9 Å². The van der Waals surface area contributed by atoms with Gasteiger partial charge in [-0.3, -0.25) is 14.5 Å². The highest BCUT2D eigenvalue weighted by Crippen LogP contribution is 2.40. The lowest BCUT2D eigenvalue weighted by atomic mass is 9.99. The molecule has 190 valence electrons. The number of thiocarbonyl (C=S) groups is 1. The van der Waals surface area contributed by atoms with Crippen LogP contribution in [0.4, 0.5) is 24.5 Å². The van der Waals surface area contributed by atoms with Gasteiger partial charge in [0.25, 0.3) is 17.4 Å². The van der Waals surface area contributed by atoms with Crippen LogP contribution in [0.25, 0.3) is 10.9 Å². The van der Waals surface area contributed by atoms with Gasteiger partial charge < -0.3 is 9.88 Å². The van der Waals surface area contributed by atoms with Gasteiger partial charge in [-0.15, -0.1) is 0 Å². The zero-order valence-electron chi connectivity index (χ0n) is 20.4. The van der Waals surface area contributed by atoms with Gasteiger partial charge >= 0.3 is 0 Å². The molecule has 4 rings (SSSR count). The number of rotatable bonds is 5. The van der Waals surface area contributed by atoms with Gasteiger partial charge in [-0.2, -0.15) is 14.0 Å². The molecule has 1 N–H and O–H groups in total. The molecule has 2 heterocycles. The van der Waals surface area contributed by atoms with Crippen LogP contribution in [0.1, 0.15) is 44.6 Å². The molecule has 2 aromatic carbocycles. The number of hydrogen-bond acceptors (Lipinski definition) is 5. The monoisotopic (exact) mass is 525 g/mol. The van der Waals surface area contributed by atoms with Gasteiger partial charge in [-0.05, 0) is 69.4 Å². The fourth-order valence-electron chi connectivity index (χ4n) is 4.33. The van der Waals surface area contributed by atoms with Crippen LogP contribution in [0.3, 0.4) is 0 Å². The number of H-pyrrole nitrogens is 1. The molecular formula is C26H22F3N5O2S. The van der Waals surface area contributed by atoms with Crippen LogP contribution in [0.2, 0.25) is 0 Å². The summed E-state index contributed by atoms with van der Waals surface area (Å²) >= 11 is 5.58. The van der Waals surface area contributed by atoms with E-state index in [1.807, 2.05) is 0 Å². The Hall–Kier alpha value is -4.04. The third kappa shape index (κ3) is 4.17. The zero-order chi connectivity index (χ0) is 27.3. The maximum atomic E-state index is 15.1. The highest BCUT2D eigenvalue weighted by molar-refractivity contribution is 7.81. The first-order valence-corrected chi connectivity index (χ1v) is 11.8. The Kier molecular flexibility index (Phi) is 6.42. The minimum atomic E-state index is -3.47. The first kappa shape index (κ1) is 26.0. The second-order valence-corrected chi connectivity index (χ2v) is 9.34. The summed E-state index contributed by atoms with van der Waals surface area (Å²) in [5.41, 5.74) is -2.71. The Bertz CT molecular complexity index is 1590. The molecule has 0 aliphatic carbocycles. The van der Waals surface area contributed by atoms with Crippen LogP contribution >= 0.6 is 12.2 Å². The fraction of sp³-hybridized carbons (Fsp3) is 0.269. The van der Waals surface area contributed by atoms with E-state index >= 15 is 4.39 Å². The van der Waals surface area contributed by atoms with Crippen molar-refractivity contribution in [2.45, 2.75) is 45.6 Å². The number of alkyl halides is 2. The Labute approximate surface area is 215 Å². The Morgan fingerprint density at radius 2 is 1.92 bits per heavy atom. The SMILES string of the molecule is C/C=C/C(F)(F)c1cc(N2C(=O)C(C)(C)N(c3cc(F)c4nc(CC)[nH]c(=O)c4c3)C2=S)ccc1C#N. The molecule has 0 bridgehead atoms. The Balaban J connectivity index is 1.86. The Morgan fingerprint density at radius 3 is 2.54 bits per heavy atom. The number of fused-ring (bicyclic) bond motifs is 1. The van der Waals surface area contributed by atoms with Gasteiger partial charge in [0.05, 0.1) is 22.7 Å². The molecule has 1 aliphatic heterocycles. The van der Waals surface area contributed by atoms with Gasteiger partial charge in [-0.25, -0.2) is 9.37 Å². The standard InChI is InChI=1S/C26H22F3N5O2S/c1-5-9-26(28,29)18-11-15(8-7-14(18)13-30)33-23(36)25(3,4)34(24(33)37)16-10-17-21(19(27)12-16)31-20(6-2)32-22(17)35/h5,7-12H,6H2,1-4H3,(H,31,32,35)/b9-5+. The number of amides is 1. The maximum Gasteiger partial charge on any atom is 0.293 e. The lowest BCUT2D eigenvalue weighted by Gasteiger charge is -2.29. The van der Waals surface area contributed by atoms with Crippen LogP contribution in [0.5, 0.6) is 0 Å². The topological polar surface area (TPSA) is 93.1 Å². The fourth-order valence-corrected chi connectivity index (χ4v) is 4.85. The summed E-state index contributed by atoms with van der Waals surface area (Å²) in [6.45, 7) is 6.29. The van der Waals surface area contributed by atoms with E-state index in [4.69, 9.17) is 12.2 Å². The van der Waals surface area contributed by atoms with E-state index in [1.165, 1.54) is 36.1 Å². The predicted molar refractivity (Wildman–Crippen MR) is 138 cm³/mol. The van der Waals surface area contributed by atoms with Crippen molar-refractivity contribution in [1.82, 2.24) is 9.97 Å². The summed E-state index contributed by atoms with van der Waals surface area (Å²) in [5.74, 6) is -4.47. The van der Waals surface area contributed by atoms with Crippen molar-refractivity contribution in [2.24, 2.45) is 0 Å². The molecule has 1 aromatic heterocycles. The number of carbonyl (C=O) groups is 1. The minimum Gasteiger partial charge on any atom is -0.310 e. The number of allylic oxidation sites excluding steroid dienone is 2. The number of nitrogens with zero attached hydrogens (tertiary/aromatic N) is 4. The molecule has 0 spiro atoms. The van der Waals surface area contributed by atoms with Crippen LogP contribution in [-0.2, 0) is 17.1 Å². The van der Waals surface area contributed by atoms with Crippen molar-refractivity contribution >= 4 is 45.5 Å². The van der Waals surface area contributed by atoms with Gasteiger partial charge in [0.2, 0.25) is 0 Å². The second-order valence-electron chi connectivity index (χ2n) is 8.97. The molecule has 0 atom stereocenters. The summed E-state index contributed by atoms with van der Waals surface area (Å²) in [6.07, 6.45) is 2.22. The molecule has 1 aliphatic rings. The van der Waals surface area contributed by atoms with Crippen LogP contribution in [0, 0.1) is 17.1 Å². The van der Waals surface area contributed by atoms with Crippen molar-refractivity contribution in [1.29, 1.82) is 5.26 Å². The molecule has 0 saturated carbocycles. The third-order valence-electron chi connectivity index (χ3n) is 6.18. The average Bonchev–Trinajstić information content (AvgIpc) is 3.02.